The third-order valence-electron chi connectivity index (χ3n) is 2.15. The first kappa shape index (κ1) is 11.0. The maximum absolute atomic E-state index is 11.3. The third kappa shape index (κ3) is 3.77. The predicted octanol–water partition coefficient (Wildman–Crippen LogP) is 1.46. The third-order valence-corrected chi connectivity index (χ3v) is 2.15. The van der Waals surface area contributed by atoms with E-state index in [2.05, 4.69) is 17.5 Å². The van der Waals surface area contributed by atoms with Crippen LogP contribution in [0.4, 0.5) is 0 Å². The Balaban J connectivity index is 2.03. The van der Waals surface area contributed by atoms with E-state index >= 15 is 0 Å². The average molecular weight is 198 g/mol. The summed E-state index contributed by atoms with van der Waals surface area (Å²) in [5, 5.41) is 3.84. The van der Waals surface area contributed by atoms with Gasteiger partial charge in [0.2, 0.25) is 0 Å². The number of unbranched alkanes of at least 4 members (excludes halogenated alkanes) is 3. The summed E-state index contributed by atoms with van der Waals surface area (Å²) in [7, 11) is 0. The quantitative estimate of drug-likeness (QED) is 0.519. The number of hydrogen-bond donors (Lipinski definition) is 1. The summed E-state index contributed by atoms with van der Waals surface area (Å²) in [6.07, 6.45) is 5.19. The van der Waals surface area contributed by atoms with Crippen LogP contribution in [-0.2, 0) is 9.53 Å². The Morgan fingerprint density at radius 3 is 3.00 bits per heavy atom. The lowest BCUT2D eigenvalue weighted by atomic mass is 10.2. The molecule has 0 unspecified atom stereocenters. The molecular formula is C10H18N2O2. The van der Waals surface area contributed by atoms with Crippen molar-refractivity contribution in [2.75, 3.05) is 13.2 Å². The van der Waals surface area contributed by atoms with Crippen molar-refractivity contribution in [3.8, 4) is 0 Å². The number of nitrogens with one attached hydrogen (secondary N) is 1. The molecule has 0 aromatic rings. The van der Waals surface area contributed by atoms with Crippen LogP contribution in [0.1, 0.15) is 39.0 Å². The summed E-state index contributed by atoms with van der Waals surface area (Å²) in [6.45, 7) is 3.43. The first-order valence-corrected chi connectivity index (χ1v) is 5.31. The van der Waals surface area contributed by atoms with E-state index in [1.165, 1.54) is 12.8 Å². The smallest absolute Gasteiger partial charge is 0.354 e. The molecule has 14 heavy (non-hydrogen) atoms. The number of rotatable bonds is 6. The highest BCUT2D eigenvalue weighted by molar-refractivity contribution is 6.36. The molecule has 1 rings (SSSR count). The van der Waals surface area contributed by atoms with Gasteiger partial charge in [-0.05, 0) is 6.42 Å². The van der Waals surface area contributed by atoms with Gasteiger partial charge in [-0.1, -0.05) is 26.2 Å². The number of carbonyl (C=O) groups is 1. The molecule has 0 bridgehead atoms. The number of ether oxygens (including phenoxy) is 1. The lowest BCUT2D eigenvalue weighted by Gasteiger charge is -2.02. The molecule has 0 aliphatic carbocycles. The molecule has 4 nitrogen and oxygen atoms in total. The number of carbonyl (C=O) groups excluding carboxylic acids is 1. The second-order valence-corrected chi connectivity index (χ2v) is 3.41. The van der Waals surface area contributed by atoms with E-state index in [0.29, 0.717) is 18.7 Å². The summed E-state index contributed by atoms with van der Waals surface area (Å²) < 4.78 is 5.06. The van der Waals surface area contributed by atoms with Crippen molar-refractivity contribution >= 4 is 11.7 Å². The second-order valence-electron chi connectivity index (χ2n) is 3.41. The molecule has 1 aliphatic rings. The Morgan fingerprint density at radius 2 is 2.36 bits per heavy atom. The highest BCUT2D eigenvalue weighted by Crippen LogP contribution is 2.01. The van der Waals surface area contributed by atoms with Gasteiger partial charge in [-0.25, -0.2) is 4.79 Å². The molecule has 0 aromatic carbocycles. The van der Waals surface area contributed by atoms with Crippen LogP contribution in [0.2, 0.25) is 0 Å². The molecule has 0 spiro atoms. The number of esters is 1. The molecule has 0 atom stereocenters. The zero-order chi connectivity index (χ0) is 10.2. The molecule has 4 heteroatoms. The van der Waals surface area contributed by atoms with Gasteiger partial charge < -0.3 is 10.2 Å². The van der Waals surface area contributed by atoms with Gasteiger partial charge in [0.15, 0.2) is 0 Å². The van der Waals surface area contributed by atoms with Crippen molar-refractivity contribution in [1.82, 2.24) is 5.43 Å². The predicted molar refractivity (Wildman–Crippen MR) is 55.2 cm³/mol. The minimum Gasteiger partial charge on any atom is -0.461 e. The highest BCUT2D eigenvalue weighted by Gasteiger charge is 2.16. The Morgan fingerprint density at radius 1 is 1.50 bits per heavy atom. The fraction of sp³-hybridized carbons (Fsp3) is 0.800. The summed E-state index contributed by atoms with van der Waals surface area (Å²) in [6, 6.07) is 0. The Bertz CT molecular complexity index is 214. The van der Waals surface area contributed by atoms with Gasteiger partial charge in [0, 0.05) is 13.0 Å². The van der Waals surface area contributed by atoms with Gasteiger partial charge in [-0.3, -0.25) is 0 Å². The van der Waals surface area contributed by atoms with E-state index in [0.717, 1.165) is 19.4 Å². The average Bonchev–Trinajstić information content (AvgIpc) is 2.70. The number of hydrogen-bond acceptors (Lipinski definition) is 4. The van der Waals surface area contributed by atoms with Crippen molar-refractivity contribution in [1.29, 1.82) is 0 Å². The van der Waals surface area contributed by atoms with E-state index in [9.17, 15) is 4.79 Å². The van der Waals surface area contributed by atoms with E-state index in [1.54, 1.807) is 0 Å². The van der Waals surface area contributed by atoms with Crippen LogP contribution in [0.15, 0.2) is 5.10 Å². The van der Waals surface area contributed by atoms with Crippen molar-refractivity contribution in [3.05, 3.63) is 0 Å². The summed E-state index contributed by atoms with van der Waals surface area (Å²) in [4.78, 5) is 11.3. The van der Waals surface area contributed by atoms with E-state index in [4.69, 9.17) is 4.74 Å². The monoisotopic (exact) mass is 198 g/mol. The minimum atomic E-state index is -0.258. The normalized spacial score (nSPS) is 14.8. The topological polar surface area (TPSA) is 50.7 Å². The van der Waals surface area contributed by atoms with Gasteiger partial charge in [-0.2, -0.15) is 5.10 Å². The second kappa shape index (κ2) is 6.40. The maximum atomic E-state index is 11.3. The standard InChI is InChI=1S/C10H18N2O2/c1-2-3-4-5-8-14-10(13)9-6-7-11-12-9/h11H,2-8H2,1H3. The summed E-state index contributed by atoms with van der Waals surface area (Å²) in [5.41, 5.74) is 3.28. The van der Waals surface area contributed by atoms with Crippen LogP contribution < -0.4 is 5.43 Å². The Hall–Kier alpha value is -1.06. The summed E-state index contributed by atoms with van der Waals surface area (Å²) >= 11 is 0. The van der Waals surface area contributed by atoms with Crippen LogP contribution in [0.3, 0.4) is 0 Å². The van der Waals surface area contributed by atoms with Crippen molar-refractivity contribution < 1.29 is 9.53 Å². The van der Waals surface area contributed by atoms with Crippen molar-refractivity contribution in [3.63, 3.8) is 0 Å². The SMILES string of the molecule is CCCCCCOC(=O)C1=NNCC1. The lowest BCUT2D eigenvalue weighted by molar-refractivity contribution is -0.135. The first-order valence-electron chi connectivity index (χ1n) is 5.31. The van der Waals surface area contributed by atoms with Crippen LogP contribution in [0.25, 0.3) is 0 Å². The molecule has 0 fully saturated rings. The van der Waals surface area contributed by atoms with Gasteiger partial charge in [-0.15, -0.1) is 0 Å². The Labute approximate surface area is 84.7 Å². The molecule has 0 amide bonds. The van der Waals surface area contributed by atoms with Gasteiger partial charge in [0.1, 0.15) is 5.71 Å². The molecule has 0 saturated carbocycles. The molecule has 0 radical (unpaired) electrons. The summed E-state index contributed by atoms with van der Waals surface area (Å²) in [5.74, 6) is -0.258. The lowest BCUT2D eigenvalue weighted by Crippen LogP contribution is -2.16. The van der Waals surface area contributed by atoms with Gasteiger partial charge >= 0.3 is 5.97 Å². The van der Waals surface area contributed by atoms with Crippen LogP contribution in [0, 0.1) is 0 Å². The van der Waals surface area contributed by atoms with Crippen molar-refractivity contribution in [2.45, 2.75) is 39.0 Å². The zero-order valence-corrected chi connectivity index (χ0v) is 8.71. The fourth-order valence-corrected chi connectivity index (χ4v) is 1.31. The zero-order valence-electron chi connectivity index (χ0n) is 8.71. The van der Waals surface area contributed by atoms with E-state index in [-0.39, 0.29) is 5.97 Å². The van der Waals surface area contributed by atoms with Crippen molar-refractivity contribution in [2.24, 2.45) is 5.10 Å². The van der Waals surface area contributed by atoms with Crippen LogP contribution >= 0.6 is 0 Å². The molecule has 0 saturated heterocycles. The van der Waals surface area contributed by atoms with Crippen LogP contribution in [0.5, 0.6) is 0 Å². The van der Waals surface area contributed by atoms with E-state index < -0.39 is 0 Å². The molecule has 0 aromatic heterocycles. The number of hydrazone groups is 1. The number of nitrogens with zero attached hydrogens (tertiary/aromatic N) is 1. The Kier molecular flexibility index (Phi) is 5.04. The van der Waals surface area contributed by atoms with Gasteiger partial charge in [0.05, 0.1) is 6.61 Å². The maximum Gasteiger partial charge on any atom is 0.354 e. The van der Waals surface area contributed by atoms with Crippen LogP contribution in [-0.4, -0.2) is 24.8 Å². The highest BCUT2D eigenvalue weighted by atomic mass is 16.5. The largest absolute Gasteiger partial charge is 0.461 e. The minimum absolute atomic E-state index is 0.258. The molecule has 1 N–H and O–H groups in total. The van der Waals surface area contributed by atoms with E-state index in [1.807, 2.05) is 0 Å². The molecule has 1 heterocycles. The van der Waals surface area contributed by atoms with Gasteiger partial charge in [0.25, 0.3) is 0 Å². The molecular weight excluding hydrogens is 180 g/mol. The molecule has 80 valence electrons. The first-order chi connectivity index (χ1) is 6.84. The fourth-order valence-electron chi connectivity index (χ4n) is 1.31. The molecule has 1 aliphatic heterocycles.